The molecule has 1 fully saturated rings. The summed E-state index contributed by atoms with van der Waals surface area (Å²) in [4.78, 5) is 8.66. The highest BCUT2D eigenvalue weighted by Gasteiger charge is 2.43. The number of pyridine rings is 1. The van der Waals surface area contributed by atoms with Crippen LogP contribution in [0.4, 0.5) is 5.95 Å². The molecule has 0 aromatic carbocycles. The molecule has 4 aromatic heterocycles. The summed E-state index contributed by atoms with van der Waals surface area (Å²) in [5.41, 5.74) is 1.68. The lowest BCUT2D eigenvalue weighted by molar-refractivity contribution is 0.0300. The average molecular weight is 515 g/mol. The molecule has 0 amide bonds. The van der Waals surface area contributed by atoms with E-state index in [2.05, 4.69) is 34.6 Å². The zero-order valence-electron chi connectivity index (χ0n) is 19.8. The van der Waals surface area contributed by atoms with Gasteiger partial charge in [0.1, 0.15) is 6.10 Å². The molecule has 184 valence electrons. The average Bonchev–Trinajstić information content (AvgIpc) is 3.46. The van der Waals surface area contributed by atoms with Gasteiger partial charge in [0, 0.05) is 32.8 Å². The van der Waals surface area contributed by atoms with E-state index in [9.17, 15) is 0 Å². The summed E-state index contributed by atoms with van der Waals surface area (Å²) >= 11 is 7.43. The Morgan fingerprint density at radius 2 is 1.97 bits per heavy atom. The third-order valence-corrected chi connectivity index (χ3v) is 7.53. The van der Waals surface area contributed by atoms with Crippen molar-refractivity contribution in [2.75, 3.05) is 25.5 Å². The summed E-state index contributed by atoms with van der Waals surface area (Å²) in [5.74, 6) is 2.00. The zero-order chi connectivity index (χ0) is 24.4. The maximum atomic E-state index is 5.95. The maximum Gasteiger partial charge on any atom is 0.235 e. The van der Waals surface area contributed by atoms with Gasteiger partial charge in [0.05, 0.1) is 39.7 Å². The Morgan fingerprint density at radius 3 is 2.66 bits per heavy atom. The van der Waals surface area contributed by atoms with Gasteiger partial charge >= 0.3 is 0 Å². The van der Waals surface area contributed by atoms with Gasteiger partial charge < -0.3 is 9.47 Å². The Balaban J connectivity index is 1.47. The monoisotopic (exact) mass is 514 g/mol. The minimum atomic E-state index is -0.336. The van der Waals surface area contributed by atoms with E-state index in [1.54, 1.807) is 26.6 Å². The van der Waals surface area contributed by atoms with Crippen LogP contribution in [0, 0.1) is 0 Å². The first-order chi connectivity index (χ1) is 17.1. The van der Waals surface area contributed by atoms with Crippen LogP contribution in [0.2, 0.25) is 5.02 Å². The van der Waals surface area contributed by atoms with E-state index in [0.29, 0.717) is 23.4 Å². The number of anilines is 1. The van der Waals surface area contributed by atoms with Crippen LogP contribution >= 0.6 is 23.5 Å². The van der Waals surface area contributed by atoms with Crippen LogP contribution in [0.3, 0.4) is 0 Å². The molecule has 35 heavy (non-hydrogen) atoms. The highest BCUT2D eigenvalue weighted by Crippen LogP contribution is 2.44. The fourth-order valence-corrected chi connectivity index (χ4v) is 5.43. The molecular weight excluding hydrogens is 488 g/mol. The van der Waals surface area contributed by atoms with Crippen molar-refractivity contribution in [1.82, 2.24) is 34.3 Å². The van der Waals surface area contributed by atoms with Gasteiger partial charge in [-0.25, -0.2) is 14.5 Å². The van der Waals surface area contributed by atoms with Crippen LogP contribution in [0.5, 0.6) is 0 Å². The van der Waals surface area contributed by atoms with Crippen molar-refractivity contribution in [3.8, 4) is 11.4 Å². The lowest BCUT2D eigenvalue weighted by Crippen LogP contribution is -2.45. The second-order valence-electron chi connectivity index (χ2n) is 8.62. The van der Waals surface area contributed by atoms with Gasteiger partial charge in [-0.3, -0.25) is 9.29 Å². The zero-order valence-corrected chi connectivity index (χ0v) is 21.3. The predicted octanol–water partition coefficient (Wildman–Crippen LogP) is 4.40. The van der Waals surface area contributed by atoms with Gasteiger partial charge in [0.2, 0.25) is 5.95 Å². The summed E-state index contributed by atoms with van der Waals surface area (Å²) < 4.78 is 18.8. The summed E-state index contributed by atoms with van der Waals surface area (Å²) in [6, 6.07) is 5.98. The number of rotatable bonds is 10. The lowest BCUT2D eigenvalue weighted by Gasteiger charge is -2.43. The number of methoxy groups -OCH3 is 2. The SMILES string of the molecule is COCC1(n2c(NSC(C)C(OC)c3ncc(Cl)cn3)nnc2-c2cnn3ccccc23)CCC1. The predicted molar refractivity (Wildman–Crippen MR) is 135 cm³/mol. The minimum Gasteiger partial charge on any atom is -0.382 e. The first-order valence-electron chi connectivity index (χ1n) is 11.4. The highest BCUT2D eigenvalue weighted by molar-refractivity contribution is 8.01. The summed E-state index contributed by atoms with van der Waals surface area (Å²) in [6.07, 6.45) is 9.67. The normalized spacial score (nSPS) is 16.7. The van der Waals surface area contributed by atoms with Crippen LogP contribution in [0.1, 0.15) is 38.1 Å². The third kappa shape index (κ3) is 4.49. The molecule has 4 aromatic rings. The standard InChI is InChI=1S/C23H27ClN8O2S/c1-15(19(34-3)20-25-11-16(24)12-26-20)35-30-22-29-28-21(32(22)23(14-33-2)8-6-9-23)17-13-27-31-10-5-4-7-18(17)31/h4-5,7,10-13,15,19H,6,8-9,14H2,1-3H3,(H,29,30). The van der Waals surface area contributed by atoms with Crippen molar-refractivity contribution < 1.29 is 9.47 Å². The van der Waals surface area contributed by atoms with Crippen molar-refractivity contribution in [2.24, 2.45) is 0 Å². The Hall–Kier alpha value is -2.73. The molecule has 2 atom stereocenters. The number of ether oxygens (including phenoxy) is 2. The minimum absolute atomic E-state index is 0.0356. The number of hydrogen-bond donors (Lipinski definition) is 1. The molecule has 0 saturated heterocycles. The lowest BCUT2D eigenvalue weighted by atomic mass is 9.77. The van der Waals surface area contributed by atoms with Crippen LogP contribution < -0.4 is 4.72 Å². The molecule has 1 aliphatic rings. The largest absolute Gasteiger partial charge is 0.382 e. The van der Waals surface area contributed by atoms with Crippen molar-refractivity contribution >= 4 is 35.0 Å². The van der Waals surface area contributed by atoms with E-state index in [1.807, 2.05) is 42.0 Å². The molecule has 1 saturated carbocycles. The second kappa shape index (κ2) is 10.1. The summed E-state index contributed by atoms with van der Waals surface area (Å²) in [5, 5.41) is 14.1. The van der Waals surface area contributed by atoms with Crippen molar-refractivity contribution in [3.63, 3.8) is 0 Å². The highest BCUT2D eigenvalue weighted by atomic mass is 35.5. The number of nitrogens with one attached hydrogen (secondary N) is 1. The Bertz CT molecular complexity index is 1290. The molecule has 0 spiro atoms. The summed E-state index contributed by atoms with van der Waals surface area (Å²) in [7, 11) is 3.38. The number of aromatic nitrogens is 7. The summed E-state index contributed by atoms with van der Waals surface area (Å²) in [6.45, 7) is 2.62. The van der Waals surface area contributed by atoms with E-state index in [0.717, 1.165) is 36.2 Å². The van der Waals surface area contributed by atoms with Crippen molar-refractivity contribution in [2.45, 2.75) is 43.1 Å². The number of hydrogen-bond acceptors (Lipinski definition) is 9. The van der Waals surface area contributed by atoms with Crippen molar-refractivity contribution in [1.29, 1.82) is 0 Å². The molecule has 2 unspecified atom stereocenters. The molecule has 0 aliphatic heterocycles. The Morgan fingerprint density at radius 1 is 1.17 bits per heavy atom. The van der Waals surface area contributed by atoms with E-state index < -0.39 is 0 Å². The first-order valence-corrected chi connectivity index (χ1v) is 12.6. The second-order valence-corrected chi connectivity index (χ2v) is 10.2. The smallest absolute Gasteiger partial charge is 0.235 e. The van der Waals surface area contributed by atoms with Gasteiger partial charge in [0.25, 0.3) is 0 Å². The topological polar surface area (TPSA) is 104 Å². The van der Waals surface area contributed by atoms with Gasteiger partial charge in [-0.2, -0.15) is 5.10 Å². The quantitative estimate of drug-likeness (QED) is 0.308. The molecule has 1 aliphatic carbocycles. The molecule has 12 heteroatoms. The van der Waals surface area contributed by atoms with E-state index in [-0.39, 0.29) is 16.9 Å². The van der Waals surface area contributed by atoms with Gasteiger partial charge in [-0.05, 0) is 50.3 Å². The maximum absolute atomic E-state index is 5.95. The van der Waals surface area contributed by atoms with Crippen LogP contribution in [0.15, 0.2) is 43.0 Å². The third-order valence-electron chi connectivity index (χ3n) is 6.41. The first kappa shape index (κ1) is 24.0. The molecule has 4 heterocycles. The number of fused-ring (bicyclic) bond motifs is 1. The van der Waals surface area contributed by atoms with Crippen molar-refractivity contribution in [3.05, 3.63) is 53.8 Å². The van der Waals surface area contributed by atoms with Crippen LogP contribution in [0.25, 0.3) is 16.9 Å². The van der Waals surface area contributed by atoms with Gasteiger partial charge in [-0.1, -0.05) is 17.7 Å². The molecule has 10 nitrogen and oxygen atoms in total. The number of nitrogens with zero attached hydrogens (tertiary/aromatic N) is 7. The van der Waals surface area contributed by atoms with Crippen LogP contribution in [-0.4, -0.2) is 60.4 Å². The Labute approximate surface area is 212 Å². The molecule has 5 rings (SSSR count). The fourth-order valence-electron chi connectivity index (χ4n) is 4.55. The van der Waals surface area contributed by atoms with Gasteiger partial charge in [0.15, 0.2) is 11.6 Å². The van der Waals surface area contributed by atoms with E-state index >= 15 is 0 Å². The number of halogens is 1. The van der Waals surface area contributed by atoms with Crippen LogP contribution in [-0.2, 0) is 15.0 Å². The van der Waals surface area contributed by atoms with E-state index in [1.165, 1.54) is 11.9 Å². The molecular formula is C23H27ClN8O2S. The fraction of sp³-hybridized carbons (Fsp3) is 0.435. The molecule has 1 N–H and O–H groups in total. The molecule has 0 bridgehead atoms. The van der Waals surface area contributed by atoms with Gasteiger partial charge in [-0.15, -0.1) is 10.2 Å². The molecule has 0 radical (unpaired) electrons. The Kier molecular flexibility index (Phi) is 6.92. The van der Waals surface area contributed by atoms with E-state index in [4.69, 9.17) is 21.1 Å².